The van der Waals surface area contributed by atoms with Crippen LogP contribution in [0.15, 0.2) is 182 Å². The smallest absolute Gasteiger partial charge is 0.148 e. The summed E-state index contributed by atoms with van der Waals surface area (Å²) in [7, 11) is 0. The normalized spacial score (nSPS) is 11.1. The van der Waals surface area contributed by atoms with E-state index >= 15 is 0 Å². The molecule has 0 fully saturated rings. The zero-order valence-electron chi connectivity index (χ0n) is 23.1. The fourth-order valence-electron chi connectivity index (χ4n) is 5.86. The predicted molar refractivity (Wildman–Crippen MR) is 173 cm³/mol. The lowest BCUT2D eigenvalue weighted by molar-refractivity contribution is 0.407. The molecule has 0 radical (unpaired) electrons. The molecular weight excluding hydrogens is 496 g/mol. The van der Waals surface area contributed by atoms with E-state index in [4.69, 9.17) is 0 Å². The molecule has 0 aromatic heterocycles. The standard InChI is InChI=1S/C39H34N2/c1-7-19-33(20-8-1)31-32-39(34-21-9-2-10-22-34,40(35-23-11-3-12-24-35)36-25-13-4-14-26-36)41(37-27-15-5-16-28-37)38-29-17-6-18-30-38/h1-30H,31-32H2. The van der Waals surface area contributed by atoms with Crippen molar-refractivity contribution in [1.29, 1.82) is 0 Å². The maximum absolute atomic E-state index is 2.53. The van der Waals surface area contributed by atoms with Gasteiger partial charge in [0.25, 0.3) is 0 Å². The van der Waals surface area contributed by atoms with Crippen molar-refractivity contribution in [1.82, 2.24) is 0 Å². The number of aryl methyl sites for hydroxylation is 1. The second-order valence-corrected chi connectivity index (χ2v) is 10.2. The summed E-state index contributed by atoms with van der Waals surface area (Å²) in [6.45, 7) is 0. The largest absolute Gasteiger partial charge is 0.314 e. The van der Waals surface area contributed by atoms with E-state index in [1.807, 2.05) is 0 Å². The zero-order valence-corrected chi connectivity index (χ0v) is 23.1. The van der Waals surface area contributed by atoms with Crippen LogP contribution in [0.5, 0.6) is 0 Å². The number of rotatable bonds is 10. The van der Waals surface area contributed by atoms with Crippen LogP contribution >= 0.6 is 0 Å². The van der Waals surface area contributed by atoms with Gasteiger partial charge in [-0.05, 0) is 72.5 Å². The van der Waals surface area contributed by atoms with Crippen molar-refractivity contribution in [2.75, 3.05) is 9.80 Å². The van der Waals surface area contributed by atoms with Gasteiger partial charge in [0.15, 0.2) is 0 Å². The maximum atomic E-state index is 2.53. The predicted octanol–water partition coefficient (Wildman–Crippen LogP) is 10.1. The molecule has 0 saturated carbocycles. The van der Waals surface area contributed by atoms with Gasteiger partial charge in [0.1, 0.15) is 5.66 Å². The molecule has 41 heavy (non-hydrogen) atoms. The first-order valence-electron chi connectivity index (χ1n) is 14.3. The van der Waals surface area contributed by atoms with Crippen LogP contribution in [0, 0.1) is 0 Å². The van der Waals surface area contributed by atoms with Crippen LogP contribution < -0.4 is 9.80 Å². The molecule has 0 bridgehead atoms. The third kappa shape index (κ3) is 5.50. The van der Waals surface area contributed by atoms with E-state index in [0.29, 0.717) is 0 Å². The third-order valence-electron chi connectivity index (χ3n) is 7.64. The SMILES string of the molecule is c1ccc(CCC(c2ccccc2)(N(c2ccccc2)c2ccccc2)N(c2ccccc2)c2ccccc2)cc1. The summed E-state index contributed by atoms with van der Waals surface area (Å²) in [6, 6.07) is 65.0. The average molecular weight is 531 g/mol. The Bertz CT molecular complexity index is 1440. The summed E-state index contributed by atoms with van der Waals surface area (Å²) in [6.07, 6.45) is 1.72. The van der Waals surface area contributed by atoms with Crippen LogP contribution in [-0.4, -0.2) is 0 Å². The molecule has 6 aromatic rings. The monoisotopic (exact) mass is 530 g/mol. The summed E-state index contributed by atoms with van der Waals surface area (Å²) in [4.78, 5) is 5.07. The Morgan fingerprint density at radius 1 is 0.341 bits per heavy atom. The average Bonchev–Trinajstić information content (AvgIpc) is 3.06. The van der Waals surface area contributed by atoms with Gasteiger partial charge in [-0.3, -0.25) is 0 Å². The topological polar surface area (TPSA) is 6.48 Å². The van der Waals surface area contributed by atoms with E-state index in [1.165, 1.54) is 11.1 Å². The number of nitrogens with zero attached hydrogens (tertiary/aromatic N) is 2. The van der Waals surface area contributed by atoms with Gasteiger partial charge < -0.3 is 9.80 Å². The van der Waals surface area contributed by atoms with Crippen LogP contribution in [0.25, 0.3) is 0 Å². The minimum absolute atomic E-state index is 0.636. The van der Waals surface area contributed by atoms with Gasteiger partial charge in [0.2, 0.25) is 0 Å². The fourth-order valence-corrected chi connectivity index (χ4v) is 5.86. The lowest BCUT2D eigenvalue weighted by atomic mass is 9.86. The molecule has 6 aromatic carbocycles. The highest BCUT2D eigenvalue weighted by molar-refractivity contribution is 5.75. The van der Waals surface area contributed by atoms with Gasteiger partial charge in [0, 0.05) is 22.7 Å². The van der Waals surface area contributed by atoms with E-state index in [-0.39, 0.29) is 0 Å². The van der Waals surface area contributed by atoms with Gasteiger partial charge in [-0.2, -0.15) is 0 Å². The molecule has 0 N–H and O–H groups in total. The Balaban J connectivity index is 1.71. The van der Waals surface area contributed by atoms with Crippen LogP contribution in [0.4, 0.5) is 22.7 Å². The lowest BCUT2D eigenvalue weighted by Gasteiger charge is -2.53. The lowest BCUT2D eigenvalue weighted by Crippen LogP contribution is -2.55. The van der Waals surface area contributed by atoms with Gasteiger partial charge in [-0.15, -0.1) is 0 Å². The van der Waals surface area contributed by atoms with Crippen LogP contribution in [-0.2, 0) is 12.1 Å². The fraction of sp³-hybridized carbons (Fsp3) is 0.0769. The van der Waals surface area contributed by atoms with E-state index in [0.717, 1.165) is 35.6 Å². The number of hydrogen-bond acceptors (Lipinski definition) is 2. The third-order valence-corrected chi connectivity index (χ3v) is 7.64. The molecule has 2 heteroatoms. The summed E-state index contributed by atoms with van der Waals surface area (Å²) < 4.78 is 0. The van der Waals surface area contributed by atoms with E-state index < -0.39 is 5.66 Å². The highest BCUT2D eigenvalue weighted by atomic mass is 15.4. The van der Waals surface area contributed by atoms with E-state index in [9.17, 15) is 0 Å². The van der Waals surface area contributed by atoms with Gasteiger partial charge in [-0.25, -0.2) is 0 Å². The first-order chi connectivity index (χ1) is 20.4. The van der Waals surface area contributed by atoms with Crippen LogP contribution in [0.3, 0.4) is 0 Å². The molecule has 6 rings (SSSR count). The highest BCUT2D eigenvalue weighted by Crippen LogP contribution is 2.50. The number of para-hydroxylation sites is 4. The zero-order chi connectivity index (χ0) is 27.7. The van der Waals surface area contributed by atoms with Gasteiger partial charge in [0.05, 0.1) is 0 Å². The van der Waals surface area contributed by atoms with Crippen molar-refractivity contribution in [3.8, 4) is 0 Å². The molecule has 0 aliphatic heterocycles. The molecule has 0 atom stereocenters. The molecule has 0 amide bonds. The summed E-state index contributed by atoms with van der Waals surface area (Å²) in [5.41, 5.74) is 6.42. The van der Waals surface area contributed by atoms with Crippen molar-refractivity contribution in [3.05, 3.63) is 193 Å². The minimum atomic E-state index is -0.636. The molecule has 0 saturated heterocycles. The van der Waals surface area contributed by atoms with Crippen LogP contribution in [0.2, 0.25) is 0 Å². The molecule has 0 unspecified atom stereocenters. The second-order valence-electron chi connectivity index (χ2n) is 10.2. The Hall–Kier alpha value is -5.08. The van der Waals surface area contributed by atoms with Crippen molar-refractivity contribution in [2.45, 2.75) is 18.5 Å². The molecular formula is C39H34N2. The first-order valence-corrected chi connectivity index (χ1v) is 14.3. The van der Waals surface area contributed by atoms with E-state index in [2.05, 4.69) is 192 Å². The van der Waals surface area contributed by atoms with E-state index in [1.54, 1.807) is 0 Å². The maximum Gasteiger partial charge on any atom is 0.148 e. The Labute approximate surface area is 243 Å². The Morgan fingerprint density at radius 2 is 0.634 bits per heavy atom. The number of anilines is 4. The van der Waals surface area contributed by atoms with Crippen LogP contribution in [0.1, 0.15) is 17.5 Å². The molecule has 2 nitrogen and oxygen atoms in total. The Kier molecular flexibility index (Phi) is 7.91. The van der Waals surface area contributed by atoms with Crippen molar-refractivity contribution in [3.63, 3.8) is 0 Å². The van der Waals surface area contributed by atoms with Gasteiger partial charge in [-0.1, -0.05) is 133 Å². The molecule has 0 aliphatic carbocycles. The summed E-state index contributed by atoms with van der Waals surface area (Å²) >= 11 is 0. The van der Waals surface area contributed by atoms with Crippen molar-refractivity contribution in [2.24, 2.45) is 0 Å². The molecule has 200 valence electrons. The first kappa shape index (κ1) is 26.2. The quantitative estimate of drug-likeness (QED) is 0.163. The number of benzene rings is 6. The van der Waals surface area contributed by atoms with Crippen molar-refractivity contribution < 1.29 is 0 Å². The highest BCUT2D eigenvalue weighted by Gasteiger charge is 2.46. The summed E-state index contributed by atoms with van der Waals surface area (Å²) in [5.74, 6) is 0. The number of hydrogen-bond donors (Lipinski definition) is 0. The second kappa shape index (κ2) is 12.4. The molecule has 0 aliphatic rings. The van der Waals surface area contributed by atoms with Gasteiger partial charge >= 0.3 is 0 Å². The molecule has 0 spiro atoms. The molecule has 0 heterocycles. The van der Waals surface area contributed by atoms with Crippen molar-refractivity contribution >= 4 is 22.7 Å². The Morgan fingerprint density at radius 3 is 0.976 bits per heavy atom. The summed E-state index contributed by atoms with van der Waals surface area (Å²) in [5, 5.41) is 0. The minimum Gasteiger partial charge on any atom is -0.314 e.